The fourth-order valence-electron chi connectivity index (χ4n) is 1.89. The Morgan fingerprint density at radius 1 is 0.692 bits per heavy atom. The highest BCUT2D eigenvalue weighted by Crippen LogP contribution is 2.48. The average molecular weight is 380 g/mol. The Balaban J connectivity index is 2.11. The summed E-state index contributed by atoms with van der Waals surface area (Å²) < 4.78 is 37.3. The van der Waals surface area contributed by atoms with E-state index in [0.29, 0.717) is 11.1 Å². The van der Waals surface area contributed by atoms with Crippen LogP contribution in [-0.4, -0.2) is 33.3 Å². The van der Waals surface area contributed by atoms with Crippen LogP contribution in [0.15, 0.2) is 48.5 Å². The van der Waals surface area contributed by atoms with Crippen LogP contribution in [0.2, 0.25) is 0 Å². The molecule has 0 aliphatic carbocycles. The summed E-state index contributed by atoms with van der Waals surface area (Å²) in [5.74, 6) is -0.662. The molecule has 0 saturated carbocycles. The smallest absolute Gasteiger partial charge is 0.465 e. The molecule has 0 N–H and O–H groups in total. The maximum absolute atomic E-state index is 12.6. The van der Waals surface area contributed by atoms with E-state index < -0.39 is 19.8 Å². The van der Waals surface area contributed by atoms with Gasteiger partial charge in [0.2, 0.25) is 0 Å². The van der Waals surface area contributed by atoms with Crippen molar-refractivity contribution in [3.05, 3.63) is 59.7 Å². The first-order valence-electron chi connectivity index (χ1n) is 7.32. The number of rotatable bonds is 7. The molecule has 2 rings (SSSR count). The highest BCUT2D eigenvalue weighted by atomic mass is 31.2. The lowest BCUT2D eigenvalue weighted by Gasteiger charge is -2.17. The van der Waals surface area contributed by atoms with Crippen LogP contribution in [0.3, 0.4) is 0 Å². The summed E-state index contributed by atoms with van der Waals surface area (Å²) in [6, 6.07) is 11.5. The molecule has 0 unspecified atom stereocenters. The van der Waals surface area contributed by atoms with Gasteiger partial charge in [-0.2, -0.15) is 0 Å². The molecule has 0 bridgehead atoms. The van der Waals surface area contributed by atoms with Crippen molar-refractivity contribution in [2.24, 2.45) is 0 Å². The summed E-state index contributed by atoms with van der Waals surface area (Å²) in [4.78, 5) is 22.8. The number of phosphoric ester groups is 1. The van der Waals surface area contributed by atoms with Gasteiger partial charge in [-0.15, -0.1) is 0 Å². The lowest BCUT2D eigenvalue weighted by molar-refractivity contribution is 0.0592. The first kappa shape index (κ1) is 19.5. The van der Waals surface area contributed by atoms with Gasteiger partial charge < -0.3 is 18.5 Å². The molecular formula is C17H17O8P. The van der Waals surface area contributed by atoms with Crippen molar-refractivity contribution in [2.75, 3.05) is 21.3 Å². The molecule has 0 aromatic heterocycles. The molecule has 9 heteroatoms. The third-order valence-electron chi connectivity index (χ3n) is 3.21. The highest BCUT2D eigenvalue weighted by Gasteiger charge is 2.29. The number of benzene rings is 2. The summed E-state index contributed by atoms with van der Waals surface area (Å²) in [5.41, 5.74) is 0.623. The molecule has 0 spiro atoms. The Morgan fingerprint density at radius 3 is 1.31 bits per heavy atom. The molecule has 0 heterocycles. The van der Waals surface area contributed by atoms with E-state index in [4.69, 9.17) is 13.6 Å². The third-order valence-corrected chi connectivity index (χ3v) is 4.52. The SMILES string of the molecule is COC(=O)c1ccc(OP(=O)(OC)Oc2ccc(C(=O)OC)cc2)cc1. The highest BCUT2D eigenvalue weighted by molar-refractivity contribution is 7.49. The number of phosphoric acid groups is 1. The Labute approximate surface area is 150 Å². The predicted molar refractivity (Wildman–Crippen MR) is 91.4 cm³/mol. The molecule has 2 aromatic carbocycles. The van der Waals surface area contributed by atoms with Crippen LogP contribution < -0.4 is 9.05 Å². The van der Waals surface area contributed by atoms with Gasteiger partial charge in [0.05, 0.1) is 25.3 Å². The number of carbonyl (C=O) groups excluding carboxylic acids is 2. The van der Waals surface area contributed by atoms with Crippen LogP contribution in [0.1, 0.15) is 20.7 Å². The lowest BCUT2D eigenvalue weighted by atomic mass is 10.2. The summed E-state index contributed by atoms with van der Waals surface area (Å²) in [6.45, 7) is 0. The number of esters is 2. The van der Waals surface area contributed by atoms with E-state index in [1.54, 1.807) is 0 Å². The Hall–Kier alpha value is -2.83. The summed E-state index contributed by atoms with van der Waals surface area (Å²) in [7, 11) is -0.257. The monoisotopic (exact) mass is 380 g/mol. The van der Waals surface area contributed by atoms with Gasteiger partial charge in [0.1, 0.15) is 11.5 Å². The predicted octanol–water partition coefficient (Wildman–Crippen LogP) is 3.47. The molecule has 0 aliphatic heterocycles. The summed E-state index contributed by atoms with van der Waals surface area (Å²) >= 11 is 0. The molecular weight excluding hydrogens is 363 g/mol. The second-order valence-corrected chi connectivity index (χ2v) is 6.47. The van der Waals surface area contributed by atoms with Gasteiger partial charge in [-0.05, 0) is 48.5 Å². The lowest BCUT2D eigenvalue weighted by Crippen LogP contribution is -2.05. The molecule has 8 nitrogen and oxygen atoms in total. The maximum Gasteiger partial charge on any atom is 0.587 e. The second-order valence-electron chi connectivity index (χ2n) is 4.84. The molecule has 0 amide bonds. The van der Waals surface area contributed by atoms with Gasteiger partial charge in [-0.1, -0.05) is 0 Å². The number of methoxy groups -OCH3 is 2. The maximum atomic E-state index is 12.6. The minimum atomic E-state index is -3.97. The van der Waals surface area contributed by atoms with E-state index in [9.17, 15) is 14.2 Å². The van der Waals surface area contributed by atoms with Crippen LogP contribution in [-0.2, 0) is 18.6 Å². The average Bonchev–Trinajstić information content (AvgIpc) is 2.67. The van der Waals surface area contributed by atoms with E-state index in [1.165, 1.54) is 69.9 Å². The van der Waals surface area contributed by atoms with Crippen molar-refractivity contribution in [1.29, 1.82) is 0 Å². The van der Waals surface area contributed by atoms with E-state index >= 15 is 0 Å². The van der Waals surface area contributed by atoms with Crippen LogP contribution >= 0.6 is 7.82 Å². The van der Waals surface area contributed by atoms with E-state index in [-0.39, 0.29) is 11.5 Å². The number of hydrogen-bond acceptors (Lipinski definition) is 8. The molecule has 0 saturated heterocycles. The summed E-state index contributed by atoms with van der Waals surface area (Å²) in [6.07, 6.45) is 0. The quantitative estimate of drug-likeness (QED) is 0.532. The van der Waals surface area contributed by atoms with Crippen molar-refractivity contribution in [2.45, 2.75) is 0 Å². The first-order chi connectivity index (χ1) is 12.4. The zero-order valence-corrected chi connectivity index (χ0v) is 15.2. The molecule has 138 valence electrons. The molecule has 0 radical (unpaired) electrons. The minimum Gasteiger partial charge on any atom is -0.465 e. The second kappa shape index (κ2) is 8.51. The summed E-state index contributed by atoms with van der Waals surface area (Å²) in [5, 5.41) is 0. The normalized spacial score (nSPS) is 10.7. The molecule has 0 fully saturated rings. The molecule has 2 aromatic rings. The number of ether oxygens (including phenoxy) is 2. The Morgan fingerprint density at radius 2 is 1.04 bits per heavy atom. The number of hydrogen-bond donors (Lipinski definition) is 0. The fourth-order valence-corrected chi connectivity index (χ4v) is 2.84. The topological polar surface area (TPSA) is 97.4 Å². The largest absolute Gasteiger partial charge is 0.587 e. The molecule has 0 atom stereocenters. The van der Waals surface area contributed by atoms with Crippen molar-refractivity contribution in [3.63, 3.8) is 0 Å². The minimum absolute atomic E-state index is 0.175. The van der Waals surface area contributed by atoms with Crippen LogP contribution in [0, 0.1) is 0 Å². The number of carbonyl (C=O) groups is 2. The van der Waals surface area contributed by atoms with Gasteiger partial charge in [-0.3, -0.25) is 4.52 Å². The standard InChI is InChI=1S/C17H17O8P/c1-21-16(18)12-4-8-14(9-5-12)24-26(20,23-3)25-15-10-6-13(7-11-15)17(19)22-2/h4-11H,1-3H3. The van der Waals surface area contributed by atoms with E-state index in [2.05, 4.69) is 9.47 Å². The van der Waals surface area contributed by atoms with Crippen molar-refractivity contribution in [3.8, 4) is 11.5 Å². The Bertz CT molecular complexity index is 748. The van der Waals surface area contributed by atoms with Crippen molar-refractivity contribution in [1.82, 2.24) is 0 Å². The van der Waals surface area contributed by atoms with Crippen LogP contribution in [0.25, 0.3) is 0 Å². The van der Waals surface area contributed by atoms with Crippen LogP contribution in [0.5, 0.6) is 11.5 Å². The first-order valence-corrected chi connectivity index (χ1v) is 8.78. The van der Waals surface area contributed by atoms with E-state index in [0.717, 1.165) is 0 Å². The molecule has 26 heavy (non-hydrogen) atoms. The van der Waals surface area contributed by atoms with Gasteiger partial charge in [0, 0.05) is 7.11 Å². The van der Waals surface area contributed by atoms with Gasteiger partial charge in [0.15, 0.2) is 0 Å². The van der Waals surface area contributed by atoms with Crippen molar-refractivity contribution < 1.29 is 37.2 Å². The van der Waals surface area contributed by atoms with Gasteiger partial charge in [-0.25, -0.2) is 14.2 Å². The fraction of sp³-hybridized carbons (Fsp3) is 0.176. The zero-order valence-electron chi connectivity index (χ0n) is 14.3. The molecule has 0 aliphatic rings. The van der Waals surface area contributed by atoms with Crippen LogP contribution in [0.4, 0.5) is 0 Å². The van der Waals surface area contributed by atoms with Gasteiger partial charge >= 0.3 is 19.8 Å². The Kier molecular flexibility index (Phi) is 6.38. The van der Waals surface area contributed by atoms with E-state index in [1.807, 2.05) is 0 Å². The third kappa shape index (κ3) is 4.84. The van der Waals surface area contributed by atoms with Crippen molar-refractivity contribution >= 4 is 19.8 Å². The zero-order chi connectivity index (χ0) is 19.2. The van der Waals surface area contributed by atoms with Gasteiger partial charge in [0.25, 0.3) is 0 Å².